The minimum atomic E-state index is -4.36. The number of carbonyl (C=O) groups excluding carboxylic acids is 1. The number of alkyl halides is 3. The van der Waals surface area contributed by atoms with Crippen molar-refractivity contribution in [2.45, 2.75) is 51.1 Å². The molecule has 0 aliphatic heterocycles. The van der Waals surface area contributed by atoms with Crippen molar-refractivity contribution in [2.75, 3.05) is 0 Å². The average Bonchev–Trinajstić information content (AvgIpc) is 2.43. The largest absolute Gasteiger partial charge is 0.389 e. The first-order chi connectivity index (χ1) is 9.34. The molecule has 1 rings (SSSR count). The van der Waals surface area contributed by atoms with Gasteiger partial charge in [0.05, 0.1) is 12.1 Å². The molecule has 2 atom stereocenters. The van der Waals surface area contributed by atoms with E-state index in [4.69, 9.17) is 10.5 Å². The first-order valence-corrected chi connectivity index (χ1v) is 6.69. The summed E-state index contributed by atoms with van der Waals surface area (Å²) in [5.41, 5.74) is -1.59. The van der Waals surface area contributed by atoms with Crippen LogP contribution in [0.4, 0.5) is 13.2 Å². The average molecular weight is 286 g/mol. The van der Waals surface area contributed by atoms with E-state index in [1.54, 1.807) is 12.1 Å². The van der Waals surface area contributed by atoms with Crippen molar-refractivity contribution < 1.29 is 18.0 Å². The summed E-state index contributed by atoms with van der Waals surface area (Å²) in [7, 11) is 0. The third kappa shape index (κ3) is 4.85. The van der Waals surface area contributed by atoms with Gasteiger partial charge >= 0.3 is 6.18 Å². The highest BCUT2D eigenvalue weighted by Gasteiger charge is 2.39. The number of rotatable bonds is 5. The number of halogens is 3. The number of aldehydes is 1. The van der Waals surface area contributed by atoms with Crippen LogP contribution in [-0.4, -0.2) is 12.5 Å². The molecular weight excluding hydrogens is 269 g/mol. The predicted octanol–water partition coefficient (Wildman–Crippen LogP) is 3.76. The molecular formula is C14H17F3N2O. The van der Waals surface area contributed by atoms with Crippen LogP contribution in [0.25, 0.3) is 0 Å². The molecule has 0 N–H and O–H groups in total. The molecule has 0 aromatic heterocycles. The van der Waals surface area contributed by atoms with E-state index in [1.807, 2.05) is 0 Å². The molecule has 6 heteroatoms. The Labute approximate surface area is 116 Å². The van der Waals surface area contributed by atoms with E-state index in [0.717, 1.165) is 25.5 Å². The van der Waals surface area contributed by atoms with Gasteiger partial charge in [-0.25, -0.2) is 0 Å². The van der Waals surface area contributed by atoms with Crippen molar-refractivity contribution in [3.8, 4) is 12.1 Å². The molecule has 0 spiro atoms. The first kappa shape index (κ1) is 16.5. The van der Waals surface area contributed by atoms with Crippen molar-refractivity contribution >= 4 is 6.29 Å². The second-order valence-corrected chi connectivity index (χ2v) is 5.55. The van der Waals surface area contributed by atoms with Gasteiger partial charge in [0.2, 0.25) is 0 Å². The second-order valence-electron chi connectivity index (χ2n) is 5.55. The Kier molecular flexibility index (Phi) is 5.56. The molecule has 1 fully saturated rings. The molecule has 1 aliphatic rings. The van der Waals surface area contributed by atoms with Gasteiger partial charge in [0.15, 0.2) is 0 Å². The third-order valence-electron chi connectivity index (χ3n) is 3.92. The van der Waals surface area contributed by atoms with Crippen LogP contribution in [0.3, 0.4) is 0 Å². The summed E-state index contributed by atoms with van der Waals surface area (Å²) in [4.78, 5) is 10.8. The fraction of sp³-hybridized carbons (Fsp3) is 0.786. The van der Waals surface area contributed by atoms with Crippen LogP contribution in [-0.2, 0) is 4.79 Å². The number of nitrogens with zero attached hydrogens (tertiary/aromatic N) is 2. The molecule has 1 aliphatic carbocycles. The standard InChI is InChI=1S/C14H17F3N2O/c15-14(16,17)5-4-13(9-18,10-19)7-11-2-1-3-12(6-11)8-20/h8,11-12H,1-7H2. The fourth-order valence-corrected chi connectivity index (χ4v) is 2.82. The van der Waals surface area contributed by atoms with Crippen LogP contribution in [0.15, 0.2) is 0 Å². The smallest absolute Gasteiger partial charge is 0.303 e. The molecule has 20 heavy (non-hydrogen) atoms. The van der Waals surface area contributed by atoms with Crippen LogP contribution in [0, 0.1) is 39.9 Å². The van der Waals surface area contributed by atoms with E-state index < -0.39 is 24.4 Å². The van der Waals surface area contributed by atoms with E-state index >= 15 is 0 Å². The van der Waals surface area contributed by atoms with Crippen LogP contribution in [0.2, 0.25) is 0 Å². The van der Waals surface area contributed by atoms with Gasteiger partial charge in [-0.3, -0.25) is 0 Å². The Hall–Kier alpha value is -1.56. The maximum atomic E-state index is 12.3. The lowest BCUT2D eigenvalue weighted by Gasteiger charge is -2.30. The summed E-state index contributed by atoms with van der Waals surface area (Å²) in [6.45, 7) is 0. The van der Waals surface area contributed by atoms with Crippen LogP contribution >= 0.6 is 0 Å². The normalized spacial score (nSPS) is 23.6. The summed E-state index contributed by atoms with van der Waals surface area (Å²) in [6.07, 6.45) is -2.06. The van der Waals surface area contributed by atoms with Gasteiger partial charge in [-0.15, -0.1) is 0 Å². The maximum absolute atomic E-state index is 12.3. The van der Waals surface area contributed by atoms with Gasteiger partial charge < -0.3 is 4.79 Å². The minimum Gasteiger partial charge on any atom is -0.303 e. The SMILES string of the molecule is N#CC(C#N)(CCC(F)(F)F)CC1CCCC(C=O)C1. The molecule has 0 saturated heterocycles. The molecule has 1 saturated carbocycles. The quantitative estimate of drug-likeness (QED) is 0.723. The van der Waals surface area contributed by atoms with E-state index in [0.29, 0.717) is 6.42 Å². The van der Waals surface area contributed by atoms with Crippen LogP contribution in [0.5, 0.6) is 0 Å². The Morgan fingerprint density at radius 1 is 1.15 bits per heavy atom. The molecule has 0 aromatic carbocycles. The number of nitriles is 2. The topological polar surface area (TPSA) is 64.7 Å². The van der Waals surface area contributed by atoms with Gasteiger partial charge in [-0.2, -0.15) is 23.7 Å². The fourth-order valence-electron chi connectivity index (χ4n) is 2.82. The lowest BCUT2D eigenvalue weighted by atomic mass is 9.71. The highest BCUT2D eigenvalue weighted by molar-refractivity contribution is 5.53. The monoisotopic (exact) mass is 286 g/mol. The lowest BCUT2D eigenvalue weighted by Crippen LogP contribution is -2.27. The van der Waals surface area contributed by atoms with Gasteiger partial charge in [0.1, 0.15) is 11.7 Å². The van der Waals surface area contributed by atoms with Crippen molar-refractivity contribution in [3.63, 3.8) is 0 Å². The predicted molar refractivity (Wildman–Crippen MR) is 65.1 cm³/mol. The number of hydrogen-bond donors (Lipinski definition) is 0. The minimum absolute atomic E-state index is 0.0218. The third-order valence-corrected chi connectivity index (χ3v) is 3.92. The summed E-state index contributed by atoms with van der Waals surface area (Å²) in [5.74, 6) is -0.113. The van der Waals surface area contributed by atoms with Gasteiger partial charge in [0, 0.05) is 12.3 Å². The maximum Gasteiger partial charge on any atom is 0.389 e. The van der Waals surface area contributed by atoms with Crippen molar-refractivity contribution in [1.29, 1.82) is 10.5 Å². The zero-order chi connectivity index (χ0) is 15.2. The molecule has 0 bridgehead atoms. The first-order valence-electron chi connectivity index (χ1n) is 6.69. The zero-order valence-corrected chi connectivity index (χ0v) is 11.1. The molecule has 0 amide bonds. The lowest BCUT2D eigenvalue weighted by molar-refractivity contribution is -0.138. The van der Waals surface area contributed by atoms with Crippen LogP contribution < -0.4 is 0 Å². The van der Waals surface area contributed by atoms with Crippen molar-refractivity contribution in [3.05, 3.63) is 0 Å². The van der Waals surface area contributed by atoms with Gasteiger partial charge in [-0.1, -0.05) is 12.8 Å². The summed E-state index contributed by atoms with van der Waals surface area (Å²) < 4.78 is 36.9. The Balaban J connectivity index is 2.69. The Morgan fingerprint density at radius 2 is 1.80 bits per heavy atom. The molecule has 0 radical (unpaired) electrons. The summed E-state index contributed by atoms with van der Waals surface area (Å²) in [5, 5.41) is 18.2. The molecule has 3 nitrogen and oxygen atoms in total. The Bertz CT molecular complexity index is 406. The van der Waals surface area contributed by atoms with Gasteiger partial charge in [-0.05, 0) is 31.6 Å². The number of hydrogen-bond acceptors (Lipinski definition) is 3. The van der Waals surface area contributed by atoms with Gasteiger partial charge in [0.25, 0.3) is 0 Å². The van der Waals surface area contributed by atoms with Crippen molar-refractivity contribution in [1.82, 2.24) is 0 Å². The number of carbonyl (C=O) groups is 1. The molecule has 2 unspecified atom stereocenters. The summed E-state index contributed by atoms with van der Waals surface area (Å²) >= 11 is 0. The molecule has 110 valence electrons. The van der Waals surface area contributed by atoms with E-state index in [2.05, 4.69) is 0 Å². The van der Waals surface area contributed by atoms with E-state index in [9.17, 15) is 18.0 Å². The van der Waals surface area contributed by atoms with E-state index in [-0.39, 0.29) is 18.3 Å². The highest BCUT2D eigenvalue weighted by atomic mass is 19.4. The highest BCUT2D eigenvalue weighted by Crippen LogP contribution is 2.40. The molecule has 0 heterocycles. The van der Waals surface area contributed by atoms with E-state index in [1.165, 1.54) is 0 Å². The van der Waals surface area contributed by atoms with Crippen LogP contribution in [0.1, 0.15) is 44.9 Å². The zero-order valence-electron chi connectivity index (χ0n) is 11.1. The van der Waals surface area contributed by atoms with Crippen molar-refractivity contribution in [2.24, 2.45) is 17.3 Å². The summed E-state index contributed by atoms with van der Waals surface area (Å²) in [6, 6.07) is 3.54. The second kappa shape index (κ2) is 6.74. The molecule has 0 aromatic rings. The Morgan fingerprint density at radius 3 is 2.30 bits per heavy atom.